The highest BCUT2D eigenvalue weighted by Crippen LogP contribution is 2.29. The van der Waals surface area contributed by atoms with Gasteiger partial charge in [0.05, 0.1) is 15.7 Å². The topological polar surface area (TPSA) is 70.7 Å². The van der Waals surface area contributed by atoms with E-state index in [1.165, 1.54) is 0 Å². The number of H-pyrrole nitrogens is 1. The van der Waals surface area contributed by atoms with E-state index in [2.05, 4.69) is 15.4 Å². The number of aromatic nitrogens is 1. The van der Waals surface area contributed by atoms with Gasteiger partial charge >= 0.3 is 5.63 Å². The molecule has 110 valence electrons. The van der Waals surface area contributed by atoms with Gasteiger partial charge in [-0.1, -0.05) is 53.5 Å². The number of aromatic amines is 1. The summed E-state index contributed by atoms with van der Waals surface area (Å²) in [5, 5.41) is 11.3. The van der Waals surface area contributed by atoms with Gasteiger partial charge in [-0.05, 0) is 18.2 Å². The smallest absolute Gasteiger partial charge is 0.336 e. The second-order valence-electron chi connectivity index (χ2n) is 4.38. The third kappa shape index (κ3) is 2.95. The summed E-state index contributed by atoms with van der Waals surface area (Å²) in [6.45, 7) is 0. The zero-order valence-electron chi connectivity index (χ0n) is 11.1. The van der Waals surface area contributed by atoms with Gasteiger partial charge in [0.15, 0.2) is 5.69 Å². The molecule has 0 unspecified atom stereocenters. The molecule has 1 heterocycles. The fraction of sp³-hybridized carbons (Fsp3) is 0. The molecule has 0 atom stereocenters. The zero-order valence-corrected chi connectivity index (χ0v) is 12.6. The van der Waals surface area contributed by atoms with Gasteiger partial charge in [0.25, 0.3) is 0 Å². The minimum atomic E-state index is -0.595. The maximum absolute atomic E-state index is 11.8. The van der Waals surface area contributed by atoms with Crippen molar-refractivity contribution in [2.75, 3.05) is 0 Å². The van der Waals surface area contributed by atoms with Crippen LogP contribution in [0, 0.1) is 0 Å². The van der Waals surface area contributed by atoms with Gasteiger partial charge in [0, 0.05) is 5.56 Å². The summed E-state index contributed by atoms with van der Waals surface area (Å²) in [4.78, 5) is 11.8. The summed E-state index contributed by atoms with van der Waals surface area (Å²) in [6, 6.07) is 14.0. The van der Waals surface area contributed by atoms with Crippen LogP contribution >= 0.6 is 23.2 Å². The molecule has 0 saturated carbocycles. The second kappa shape index (κ2) is 6.17. The first kappa shape index (κ1) is 14.6. The van der Waals surface area contributed by atoms with E-state index in [9.17, 15) is 4.79 Å². The Morgan fingerprint density at radius 2 is 1.73 bits per heavy atom. The van der Waals surface area contributed by atoms with Crippen molar-refractivity contribution in [2.24, 2.45) is 10.2 Å². The molecule has 0 saturated heterocycles. The molecule has 22 heavy (non-hydrogen) atoms. The van der Waals surface area contributed by atoms with Gasteiger partial charge in [0.1, 0.15) is 5.69 Å². The fourth-order valence-corrected chi connectivity index (χ4v) is 2.13. The first-order valence-corrected chi connectivity index (χ1v) is 7.04. The number of nitrogens with zero attached hydrogens (tertiary/aromatic N) is 2. The van der Waals surface area contributed by atoms with Crippen LogP contribution in [0.4, 0.5) is 11.4 Å². The molecule has 3 rings (SSSR count). The summed E-state index contributed by atoms with van der Waals surface area (Å²) in [6.07, 6.45) is 0. The molecule has 1 aromatic heterocycles. The highest BCUT2D eigenvalue weighted by atomic mass is 35.5. The standard InChI is InChI=1S/C15H9Cl2N3O2/c16-11-7-6-10(8-12(11)17)18-19-14-13(20-22-15(14)21)9-4-2-1-3-5-9/h1-8,20H. The number of nitrogens with one attached hydrogen (secondary N) is 1. The van der Waals surface area contributed by atoms with E-state index in [1.54, 1.807) is 18.2 Å². The van der Waals surface area contributed by atoms with Crippen molar-refractivity contribution in [3.63, 3.8) is 0 Å². The normalized spacial score (nSPS) is 11.2. The van der Waals surface area contributed by atoms with Crippen LogP contribution in [0.2, 0.25) is 10.0 Å². The Kier molecular flexibility index (Phi) is 4.09. The molecule has 0 aliphatic carbocycles. The van der Waals surface area contributed by atoms with E-state index in [0.717, 1.165) is 5.56 Å². The number of hydrogen-bond donors (Lipinski definition) is 1. The van der Waals surface area contributed by atoms with Gasteiger partial charge in [-0.2, -0.15) is 5.11 Å². The third-order valence-electron chi connectivity index (χ3n) is 2.91. The van der Waals surface area contributed by atoms with Crippen LogP contribution in [0.5, 0.6) is 0 Å². The summed E-state index contributed by atoms with van der Waals surface area (Å²) in [5.41, 5.74) is 1.22. The molecule has 5 nitrogen and oxygen atoms in total. The molecular weight excluding hydrogens is 325 g/mol. The third-order valence-corrected chi connectivity index (χ3v) is 3.65. The number of hydrogen-bond acceptors (Lipinski definition) is 4. The Morgan fingerprint density at radius 1 is 0.955 bits per heavy atom. The molecule has 0 radical (unpaired) electrons. The van der Waals surface area contributed by atoms with Crippen molar-refractivity contribution in [1.29, 1.82) is 0 Å². The lowest BCUT2D eigenvalue weighted by Crippen LogP contribution is -1.90. The molecule has 0 aliphatic heterocycles. The molecule has 0 fully saturated rings. The Morgan fingerprint density at radius 3 is 2.45 bits per heavy atom. The van der Waals surface area contributed by atoms with Crippen molar-refractivity contribution >= 4 is 34.6 Å². The summed E-state index contributed by atoms with van der Waals surface area (Å²) < 4.78 is 4.80. The van der Waals surface area contributed by atoms with Crippen LogP contribution in [-0.2, 0) is 0 Å². The summed E-state index contributed by atoms with van der Waals surface area (Å²) in [5.74, 6) is 0. The lowest BCUT2D eigenvalue weighted by molar-refractivity contribution is 0.394. The second-order valence-corrected chi connectivity index (χ2v) is 5.19. The molecule has 0 spiro atoms. The predicted octanol–water partition coefficient (Wildman–Crippen LogP) is 5.36. The zero-order chi connectivity index (χ0) is 15.5. The summed E-state index contributed by atoms with van der Waals surface area (Å²) in [7, 11) is 0. The lowest BCUT2D eigenvalue weighted by Gasteiger charge is -1.97. The largest absolute Gasteiger partial charge is 0.385 e. The van der Waals surface area contributed by atoms with Crippen LogP contribution in [-0.4, -0.2) is 5.16 Å². The van der Waals surface area contributed by atoms with Crippen LogP contribution in [0.1, 0.15) is 0 Å². The molecule has 0 bridgehead atoms. The predicted molar refractivity (Wildman–Crippen MR) is 85.4 cm³/mol. The number of benzene rings is 2. The Hall–Kier alpha value is -2.37. The van der Waals surface area contributed by atoms with Crippen molar-refractivity contribution in [2.45, 2.75) is 0 Å². The van der Waals surface area contributed by atoms with E-state index in [1.807, 2.05) is 30.3 Å². The minimum absolute atomic E-state index is 0.0947. The first-order chi connectivity index (χ1) is 10.6. The van der Waals surface area contributed by atoms with Crippen molar-refractivity contribution in [3.05, 3.63) is 69.0 Å². The highest BCUT2D eigenvalue weighted by molar-refractivity contribution is 6.42. The minimum Gasteiger partial charge on any atom is -0.336 e. The Labute approximate surface area is 135 Å². The van der Waals surface area contributed by atoms with Gasteiger partial charge in [-0.25, -0.2) is 9.95 Å². The van der Waals surface area contributed by atoms with Gasteiger partial charge in [-0.15, -0.1) is 5.11 Å². The Balaban J connectivity index is 1.99. The molecule has 7 heteroatoms. The SMILES string of the molecule is O=c1o[nH]c(-c2ccccc2)c1N=Nc1ccc(Cl)c(Cl)c1. The summed E-state index contributed by atoms with van der Waals surface area (Å²) >= 11 is 11.7. The van der Waals surface area contributed by atoms with E-state index >= 15 is 0 Å². The lowest BCUT2D eigenvalue weighted by atomic mass is 10.1. The first-order valence-electron chi connectivity index (χ1n) is 6.29. The van der Waals surface area contributed by atoms with Gasteiger partial charge < -0.3 is 4.52 Å². The van der Waals surface area contributed by atoms with E-state index < -0.39 is 5.63 Å². The van der Waals surface area contributed by atoms with Crippen molar-refractivity contribution in [3.8, 4) is 11.3 Å². The maximum atomic E-state index is 11.8. The molecule has 0 aliphatic rings. The quantitative estimate of drug-likeness (QED) is 0.655. The number of halogens is 2. The molecule has 3 aromatic rings. The average Bonchev–Trinajstić information content (AvgIpc) is 2.90. The van der Waals surface area contributed by atoms with Gasteiger partial charge in [0.2, 0.25) is 0 Å². The highest BCUT2D eigenvalue weighted by Gasteiger charge is 2.13. The van der Waals surface area contributed by atoms with E-state index in [-0.39, 0.29) is 5.69 Å². The molecule has 1 N–H and O–H groups in total. The van der Waals surface area contributed by atoms with Crippen molar-refractivity contribution in [1.82, 2.24) is 5.16 Å². The maximum Gasteiger partial charge on any atom is 0.385 e. The average molecular weight is 334 g/mol. The number of azo groups is 1. The van der Waals surface area contributed by atoms with E-state index in [0.29, 0.717) is 21.4 Å². The van der Waals surface area contributed by atoms with Crippen LogP contribution < -0.4 is 5.63 Å². The molecule has 2 aromatic carbocycles. The fourth-order valence-electron chi connectivity index (χ4n) is 1.84. The van der Waals surface area contributed by atoms with Crippen LogP contribution in [0.15, 0.2) is 68.1 Å². The van der Waals surface area contributed by atoms with E-state index in [4.69, 9.17) is 27.7 Å². The molecular formula is C15H9Cl2N3O2. The van der Waals surface area contributed by atoms with Crippen LogP contribution in [0.3, 0.4) is 0 Å². The number of rotatable bonds is 3. The Bertz CT molecular complexity index is 885. The monoisotopic (exact) mass is 333 g/mol. The van der Waals surface area contributed by atoms with Gasteiger partial charge in [-0.3, -0.25) is 0 Å². The van der Waals surface area contributed by atoms with Crippen LogP contribution in [0.25, 0.3) is 11.3 Å². The molecule has 0 amide bonds. The van der Waals surface area contributed by atoms with Crippen molar-refractivity contribution < 1.29 is 4.52 Å².